The van der Waals surface area contributed by atoms with Crippen molar-refractivity contribution in [1.29, 1.82) is 0 Å². The number of amides is 1. The molecule has 19 heavy (non-hydrogen) atoms. The average molecular weight is 256 g/mol. The van der Waals surface area contributed by atoms with Crippen molar-refractivity contribution in [3.63, 3.8) is 0 Å². The van der Waals surface area contributed by atoms with E-state index in [1.54, 1.807) is 0 Å². The zero-order valence-corrected chi connectivity index (χ0v) is 10.1. The highest BCUT2D eigenvalue weighted by Crippen LogP contribution is 2.25. The molecule has 6 nitrogen and oxygen atoms in total. The Morgan fingerprint density at radius 3 is 2.95 bits per heavy atom. The largest absolute Gasteiger partial charge is 0.384 e. The van der Waals surface area contributed by atoms with E-state index in [4.69, 9.17) is 0 Å². The lowest BCUT2D eigenvalue weighted by atomic mass is 10.1. The molecule has 1 aromatic carbocycles. The van der Waals surface area contributed by atoms with Crippen molar-refractivity contribution in [3.8, 4) is 0 Å². The number of rotatable bonds is 2. The second-order valence-electron chi connectivity index (χ2n) is 4.31. The van der Waals surface area contributed by atoms with Crippen LogP contribution in [0, 0.1) is 0 Å². The number of anilines is 2. The van der Waals surface area contributed by atoms with Crippen molar-refractivity contribution in [2.75, 3.05) is 17.2 Å². The molecule has 3 N–H and O–H groups in total. The van der Waals surface area contributed by atoms with Gasteiger partial charge in [0.15, 0.2) is 0 Å². The standard InChI is InChI=1S/C13H12N4O2/c18-12-4-3-11(16-17-12)13(19)15-9-1-2-10-8(7-9)5-6-14-10/h1-4,7,14H,5-6H2,(H,15,19)(H,17,18). The van der Waals surface area contributed by atoms with Gasteiger partial charge in [-0.25, -0.2) is 5.10 Å². The quantitative estimate of drug-likeness (QED) is 0.747. The fourth-order valence-electron chi connectivity index (χ4n) is 2.05. The highest BCUT2D eigenvalue weighted by atomic mass is 16.2. The van der Waals surface area contributed by atoms with E-state index in [0.717, 1.165) is 24.3 Å². The summed E-state index contributed by atoms with van der Waals surface area (Å²) in [6.07, 6.45) is 0.954. The number of carbonyl (C=O) groups is 1. The molecule has 6 heteroatoms. The molecule has 0 fully saturated rings. The van der Waals surface area contributed by atoms with E-state index < -0.39 is 0 Å². The van der Waals surface area contributed by atoms with E-state index in [-0.39, 0.29) is 17.2 Å². The lowest BCUT2D eigenvalue weighted by molar-refractivity contribution is 0.102. The van der Waals surface area contributed by atoms with Crippen LogP contribution in [-0.4, -0.2) is 22.6 Å². The molecule has 0 saturated heterocycles. The summed E-state index contributed by atoms with van der Waals surface area (Å²) in [6.45, 7) is 0.925. The molecule has 1 aromatic heterocycles. The van der Waals surface area contributed by atoms with Crippen LogP contribution in [0.4, 0.5) is 11.4 Å². The Balaban J connectivity index is 1.79. The van der Waals surface area contributed by atoms with Gasteiger partial charge in [-0.15, -0.1) is 0 Å². The monoisotopic (exact) mass is 256 g/mol. The maximum absolute atomic E-state index is 11.9. The average Bonchev–Trinajstić information content (AvgIpc) is 2.87. The first kappa shape index (κ1) is 11.5. The predicted molar refractivity (Wildman–Crippen MR) is 71.4 cm³/mol. The molecule has 96 valence electrons. The van der Waals surface area contributed by atoms with E-state index in [1.807, 2.05) is 18.2 Å². The van der Waals surface area contributed by atoms with Crippen molar-refractivity contribution < 1.29 is 4.79 Å². The zero-order valence-electron chi connectivity index (χ0n) is 10.1. The van der Waals surface area contributed by atoms with Gasteiger partial charge in [-0.3, -0.25) is 9.59 Å². The molecule has 3 rings (SSSR count). The fourth-order valence-corrected chi connectivity index (χ4v) is 2.05. The normalized spacial score (nSPS) is 12.6. The summed E-state index contributed by atoms with van der Waals surface area (Å²) in [5.41, 5.74) is 2.87. The number of aromatic amines is 1. The summed E-state index contributed by atoms with van der Waals surface area (Å²) in [5.74, 6) is -0.345. The van der Waals surface area contributed by atoms with Gasteiger partial charge >= 0.3 is 0 Å². The first-order valence-electron chi connectivity index (χ1n) is 5.96. The maximum Gasteiger partial charge on any atom is 0.276 e. The molecule has 0 aliphatic carbocycles. The molecule has 0 radical (unpaired) electrons. The SMILES string of the molecule is O=C(Nc1ccc2c(c1)CCN2)c1ccc(=O)[nH]n1. The summed E-state index contributed by atoms with van der Waals surface area (Å²) >= 11 is 0. The van der Waals surface area contributed by atoms with Crippen LogP contribution in [0.2, 0.25) is 0 Å². The number of nitrogens with one attached hydrogen (secondary N) is 3. The third-order valence-electron chi connectivity index (χ3n) is 2.98. The van der Waals surface area contributed by atoms with Crippen molar-refractivity contribution in [1.82, 2.24) is 10.2 Å². The van der Waals surface area contributed by atoms with Crippen LogP contribution in [0.25, 0.3) is 0 Å². The molecule has 0 unspecified atom stereocenters. The number of H-pyrrole nitrogens is 1. The molecule has 2 heterocycles. The number of benzene rings is 1. The predicted octanol–water partition coefficient (Wildman–Crippen LogP) is 0.990. The van der Waals surface area contributed by atoms with Gasteiger partial charge < -0.3 is 10.6 Å². The molecule has 0 saturated carbocycles. The van der Waals surface area contributed by atoms with Crippen LogP contribution < -0.4 is 16.2 Å². The Morgan fingerprint density at radius 1 is 1.26 bits per heavy atom. The molecule has 1 amide bonds. The van der Waals surface area contributed by atoms with Crippen molar-refractivity contribution >= 4 is 17.3 Å². The van der Waals surface area contributed by atoms with Crippen molar-refractivity contribution in [3.05, 3.63) is 51.9 Å². The first-order valence-corrected chi connectivity index (χ1v) is 5.96. The van der Waals surface area contributed by atoms with Crippen LogP contribution in [0.15, 0.2) is 35.1 Å². The Morgan fingerprint density at radius 2 is 2.16 bits per heavy atom. The lowest BCUT2D eigenvalue weighted by Crippen LogP contribution is -2.17. The number of hydrogen-bond acceptors (Lipinski definition) is 4. The summed E-state index contributed by atoms with van der Waals surface area (Å²) in [7, 11) is 0. The minimum atomic E-state index is -0.345. The lowest BCUT2D eigenvalue weighted by Gasteiger charge is -2.06. The van der Waals surface area contributed by atoms with Crippen molar-refractivity contribution in [2.24, 2.45) is 0 Å². The minimum Gasteiger partial charge on any atom is -0.384 e. The molecule has 0 atom stereocenters. The van der Waals surface area contributed by atoms with Gasteiger partial charge in [-0.2, -0.15) is 5.10 Å². The number of carbonyl (C=O) groups excluding carboxylic acids is 1. The summed E-state index contributed by atoms with van der Waals surface area (Å²) < 4.78 is 0. The van der Waals surface area contributed by atoms with Crippen LogP contribution in [0.3, 0.4) is 0 Å². The Bertz CT molecular complexity index is 673. The third-order valence-corrected chi connectivity index (χ3v) is 2.98. The number of nitrogens with zero attached hydrogens (tertiary/aromatic N) is 1. The second kappa shape index (κ2) is 4.56. The molecular formula is C13H12N4O2. The molecule has 1 aliphatic heterocycles. The van der Waals surface area contributed by atoms with Crippen LogP contribution in [0.5, 0.6) is 0 Å². The van der Waals surface area contributed by atoms with Crippen molar-refractivity contribution in [2.45, 2.75) is 6.42 Å². The highest BCUT2D eigenvalue weighted by Gasteiger charge is 2.12. The maximum atomic E-state index is 11.9. The summed E-state index contributed by atoms with van der Waals surface area (Å²) in [5, 5.41) is 11.9. The Labute approximate surface area is 108 Å². The van der Waals surface area contributed by atoms with Gasteiger partial charge in [-0.1, -0.05) is 0 Å². The summed E-state index contributed by atoms with van der Waals surface area (Å²) in [4.78, 5) is 22.8. The number of aromatic nitrogens is 2. The molecular weight excluding hydrogens is 244 g/mol. The van der Waals surface area contributed by atoms with E-state index >= 15 is 0 Å². The highest BCUT2D eigenvalue weighted by molar-refractivity contribution is 6.02. The molecule has 1 aliphatic rings. The molecule has 0 spiro atoms. The van der Waals surface area contributed by atoms with E-state index in [0.29, 0.717) is 0 Å². The first-order chi connectivity index (χ1) is 9.22. The molecule has 0 bridgehead atoms. The topological polar surface area (TPSA) is 86.9 Å². The summed E-state index contributed by atoms with van der Waals surface area (Å²) in [6, 6.07) is 8.38. The zero-order chi connectivity index (χ0) is 13.2. The van der Waals surface area contributed by atoms with Gasteiger partial charge in [0.2, 0.25) is 0 Å². The van der Waals surface area contributed by atoms with Crippen LogP contribution >= 0.6 is 0 Å². The van der Waals surface area contributed by atoms with Gasteiger partial charge in [0, 0.05) is 24.0 Å². The number of hydrogen-bond donors (Lipinski definition) is 3. The van der Waals surface area contributed by atoms with E-state index in [2.05, 4.69) is 20.8 Å². The van der Waals surface area contributed by atoms with E-state index in [9.17, 15) is 9.59 Å². The molecule has 2 aromatic rings. The Kier molecular flexibility index (Phi) is 2.75. The van der Waals surface area contributed by atoms with Gasteiger partial charge in [0.1, 0.15) is 5.69 Å². The minimum absolute atomic E-state index is 0.179. The Hall–Kier alpha value is -2.63. The smallest absolute Gasteiger partial charge is 0.276 e. The van der Waals surface area contributed by atoms with Gasteiger partial charge in [0.05, 0.1) is 0 Å². The fraction of sp³-hybridized carbons (Fsp3) is 0.154. The third kappa shape index (κ3) is 2.33. The van der Waals surface area contributed by atoms with Crippen LogP contribution in [-0.2, 0) is 6.42 Å². The second-order valence-corrected chi connectivity index (χ2v) is 4.31. The van der Waals surface area contributed by atoms with Gasteiger partial charge in [-0.05, 0) is 36.2 Å². The van der Waals surface area contributed by atoms with Gasteiger partial charge in [0.25, 0.3) is 11.5 Å². The van der Waals surface area contributed by atoms with Crippen LogP contribution in [0.1, 0.15) is 16.1 Å². The number of fused-ring (bicyclic) bond motifs is 1. The van der Waals surface area contributed by atoms with E-state index in [1.165, 1.54) is 17.7 Å².